The standard InChI is InChI=1S/C23H29N3O6S/c1-17(30-2)25-22(24-15-14-18-8-11-20(31-3)12-9-18)13-10-19-6-5-7-21(16-19)33(28,29)26-23(27)32-4/h5-9,11-13,16,24H,10,14-15H2,1-4H3,(H,26,27)/b22-13-,25-17+. The molecule has 0 aromatic heterocycles. The average molecular weight is 476 g/mol. The van der Waals surface area contributed by atoms with Crippen LogP contribution in [0.25, 0.3) is 0 Å². The third kappa shape index (κ3) is 8.49. The number of amides is 1. The lowest BCUT2D eigenvalue weighted by molar-refractivity contribution is 0.177. The summed E-state index contributed by atoms with van der Waals surface area (Å²) in [6.45, 7) is 2.38. The molecule has 0 radical (unpaired) electrons. The highest BCUT2D eigenvalue weighted by Crippen LogP contribution is 2.14. The van der Waals surface area contributed by atoms with Crippen molar-refractivity contribution in [3.05, 3.63) is 71.6 Å². The first-order valence-electron chi connectivity index (χ1n) is 10.1. The third-order valence-electron chi connectivity index (χ3n) is 4.60. The highest BCUT2D eigenvalue weighted by molar-refractivity contribution is 7.90. The van der Waals surface area contributed by atoms with Gasteiger partial charge in [0.2, 0.25) is 0 Å². The Morgan fingerprint density at radius 1 is 1.03 bits per heavy atom. The molecule has 0 aliphatic carbocycles. The normalized spacial score (nSPS) is 12.1. The van der Waals surface area contributed by atoms with Crippen LogP contribution in [0.1, 0.15) is 18.1 Å². The first kappa shape index (κ1) is 25.7. The number of ether oxygens (including phenoxy) is 3. The van der Waals surface area contributed by atoms with Crippen LogP contribution in [0.15, 0.2) is 70.3 Å². The molecule has 33 heavy (non-hydrogen) atoms. The number of benzene rings is 2. The fourth-order valence-electron chi connectivity index (χ4n) is 2.76. The molecule has 0 aliphatic rings. The van der Waals surface area contributed by atoms with E-state index in [9.17, 15) is 13.2 Å². The minimum atomic E-state index is -4.02. The van der Waals surface area contributed by atoms with E-state index in [0.717, 1.165) is 30.4 Å². The van der Waals surface area contributed by atoms with E-state index < -0.39 is 16.1 Å². The molecule has 0 heterocycles. The van der Waals surface area contributed by atoms with Crippen LogP contribution in [-0.2, 0) is 32.3 Å². The number of allylic oxidation sites excluding steroid dienone is 1. The van der Waals surface area contributed by atoms with Gasteiger partial charge >= 0.3 is 6.09 Å². The molecule has 0 atom stereocenters. The molecule has 0 aliphatic heterocycles. The van der Waals surface area contributed by atoms with Gasteiger partial charge in [0.25, 0.3) is 10.0 Å². The molecule has 9 nitrogen and oxygen atoms in total. The Morgan fingerprint density at radius 3 is 2.39 bits per heavy atom. The summed E-state index contributed by atoms with van der Waals surface area (Å²) >= 11 is 0. The predicted octanol–water partition coefficient (Wildman–Crippen LogP) is 3.02. The molecule has 2 N–H and O–H groups in total. The van der Waals surface area contributed by atoms with Crippen molar-refractivity contribution >= 4 is 22.0 Å². The topological polar surface area (TPSA) is 115 Å². The molecule has 2 aromatic rings. The van der Waals surface area contributed by atoms with Gasteiger partial charge in [-0.15, -0.1) is 0 Å². The number of rotatable bonds is 10. The Morgan fingerprint density at radius 2 is 1.76 bits per heavy atom. The van der Waals surface area contributed by atoms with Crippen LogP contribution in [0.3, 0.4) is 0 Å². The van der Waals surface area contributed by atoms with Crippen molar-refractivity contribution in [2.75, 3.05) is 27.9 Å². The van der Waals surface area contributed by atoms with E-state index in [-0.39, 0.29) is 4.90 Å². The Hall–Kier alpha value is -3.53. The molecule has 0 saturated heterocycles. The van der Waals surface area contributed by atoms with Crippen LogP contribution >= 0.6 is 0 Å². The quantitative estimate of drug-likeness (QED) is 0.401. The predicted molar refractivity (Wildman–Crippen MR) is 126 cm³/mol. The number of methoxy groups -OCH3 is 3. The molecule has 0 saturated carbocycles. The Kier molecular flexibility index (Phi) is 9.74. The summed E-state index contributed by atoms with van der Waals surface area (Å²) in [5, 5.41) is 3.28. The zero-order chi connectivity index (χ0) is 24.3. The van der Waals surface area contributed by atoms with E-state index in [0.29, 0.717) is 24.7 Å². The third-order valence-corrected chi connectivity index (χ3v) is 5.91. The van der Waals surface area contributed by atoms with Gasteiger partial charge in [0.05, 0.1) is 26.2 Å². The molecule has 0 fully saturated rings. The Balaban J connectivity index is 2.11. The Labute approximate surface area is 194 Å². The van der Waals surface area contributed by atoms with Crippen LogP contribution in [0, 0.1) is 0 Å². The largest absolute Gasteiger partial charge is 0.497 e. The van der Waals surface area contributed by atoms with E-state index in [4.69, 9.17) is 9.47 Å². The number of sulfonamides is 1. The summed E-state index contributed by atoms with van der Waals surface area (Å²) in [7, 11) is 0.240. The number of hydrogen-bond acceptors (Lipinski definition) is 8. The van der Waals surface area contributed by atoms with Gasteiger partial charge in [-0.25, -0.2) is 22.9 Å². The fourth-order valence-corrected chi connectivity index (χ4v) is 3.75. The number of nitrogens with zero attached hydrogens (tertiary/aromatic N) is 1. The van der Waals surface area contributed by atoms with E-state index in [1.54, 1.807) is 26.2 Å². The molecular weight excluding hydrogens is 446 g/mol. The van der Waals surface area contributed by atoms with Gasteiger partial charge < -0.3 is 19.5 Å². The monoisotopic (exact) mass is 475 g/mol. The average Bonchev–Trinajstić information content (AvgIpc) is 2.82. The second-order valence-electron chi connectivity index (χ2n) is 6.90. The van der Waals surface area contributed by atoms with Crippen LogP contribution in [0.5, 0.6) is 5.75 Å². The van der Waals surface area contributed by atoms with Crippen molar-refractivity contribution in [2.24, 2.45) is 4.99 Å². The summed E-state index contributed by atoms with van der Waals surface area (Å²) in [4.78, 5) is 15.7. The lowest BCUT2D eigenvalue weighted by Gasteiger charge is -2.10. The van der Waals surface area contributed by atoms with Gasteiger partial charge in [-0.2, -0.15) is 0 Å². The van der Waals surface area contributed by atoms with E-state index in [2.05, 4.69) is 15.0 Å². The molecule has 0 spiro atoms. The minimum Gasteiger partial charge on any atom is -0.497 e. The number of carbonyl (C=O) groups excluding carboxylic acids is 1. The molecular formula is C23H29N3O6S. The van der Waals surface area contributed by atoms with E-state index >= 15 is 0 Å². The van der Waals surface area contributed by atoms with Crippen LogP contribution in [-0.4, -0.2) is 48.3 Å². The van der Waals surface area contributed by atoms with Gasteiger partial charge in [-0.05, 0) is 54.3 Å². The second kappa shape index (κ2) is 12.5. The van der Waals surface area contributed by atoms with Crippen molar-refractivity contribution in [2.45, 2.75) is 24.7 Å². The number of nitrogens with one attached hydrogen (secondary N) is 2. The summed E-state index contributed by atoms with van der Waals surface area (Å²) in [5.41, 5.74) is 1.87. The van der Waals surface area contributed by atoms with Crippen LogP contribution < -0.4 is 14.8 Å². The summed E-state index contributed by atoms with van der Waals surface area (Å²) in [5.74, 6) is 1.89. The first-order valence-corrected chi connectivity index (χ1v) is 11.6. The van der Waals surface area contributed by atoms with Crippen LogP contribution in [0.2, 0.25) is 0 Å². The number of carbonyl (C=O) groups is 1. The lowest BCUT2D eigenvalue weighted by Crippen LogP contribution is -2.30. The summed E-state index contributed by atoms with van der Waals surface area (Å²) in [6.07, 6.45) is 1.98. The van der Waals surface area contributed by atoms with Crippen molar-refractivity contribution in [1.29, 1.82) is 0 Å². The maximum Gasteiger partial charge on any atom is 0.420 e. The Bertz CT molecular complexity index is 1100. The lowest BCUT2D eigenvalue weighted by atomic mass is 10.1. The summed E-state index contributed by atoms with van der Waals surface area (Å²) in [6, 6.07) is 14.1. The van der Waals surface area contributed by atoms with Crippen molar-refractivity contribution in [1.82, 2.24) is 10.0 Å². The zero-order valence-electron chi connectivity index (χ0n) is 19.1. The molecule has 2 rings (SSSR count). The smallest absolute Gasteiger partial charge is 0.420 e. The molecule has 10 heteroatoms. The highest BCUT2D eigenvalue weighted by atomic mass is 32.2. The first-order chi connectivity index (χ1) is 15.8. The van der Waals surface area contributed by atoms with Gasteiger partial charge in [0.15, 0.2) is 5.90 Å². The van der Waals surface area contributed by atoms with Crippen molar-refractivity contribution in [3.8, 4) is 5.75 Å². The molecule has 0 unspecified atom stereocenters. The van der Waals surface area contributed by atoms with E-state index in [1.165, 1.54) is 19.2 Å². The van der Waals surface area contributed by atoms with Crippen molar-refractivity contribution in [3.63, 3.8) is 0 Å². The molecule has 178 valence electrons. The van der Waals surface area contributed by atoms with Gasteiger partial charge in [0, 0.05) is 13.5 Å². The number of hydrogen-bond donors (Lipinski definition) is 2. The molecule has 0 bridgehead atoms. The van der Waals surface area contributed by atoms with E-state index in [1.807, 2.05) is 35.1 Å². The molecule has 1 amide bonds. The van der Waals surface area contributed by atoms with Crippen LogP contribution in [0.4, 0.5) is 4.79 Å². The zero-order valence-corrected chi connectivity index (χ0v) is 19.9. The maximum atomic E-state index is 12.3. The fraction of sp³-hybridized carbons (Fsp3) is 0.304. The van der Waals surface area contributed by atoms with Gasteiger partial charge in [-0.1, -0.05) is 24.3 Å². The minimum absolute atomic E-state index is 0.0376. The second-order valence-corrected chi connectivity index (χ2v) is 8.58. The van der Waals surface area contributed by atoms with Gasteiger partial charge in [-0.3, -0.25) is 0 Å². The SMILES string of the molecule is COC(=O)NS(=O)(=O)c1cccc(C/C=C(\N=C(/C)OC)NCCc2ccc(OC)cc2)c1. The van der Waals surface area contributed by atoms with Crippen molar-refractivity contribution < 1.29 is 27.4 Å². The highest BCUT2D eigenvalue weighted by Gasteiger charge is 2.18. The molecule has 2 aromatic carbocycles. The summed E-state index contributed by atoms with van der Waals surface area (Å²) < 4.78 is 41.1. The maximum absolute atomic E-state index is 12.3. The van der Waals surface area contributed by atoms with Gasteiger partial charge in [0.1, 0.15) is 11.6 Å². The number of aliphatic imine (C=N–C) groups is 1.